The molecule has 0 N–H and O–H groups in total. The lowest BCUT2D eigenvalue weighted by Crippen LogP contribution is -2.05. The van der Waals surface area contributed by atoms with Gasteiger partial charge in [0.25, 0.3) is 0 Å². The smallest absolute Gasteiger partial charge is 0.134 e. The van der Waals surface area contributed by atoms with Crippen molar-refractivity contribution in [3.8, 4) is 5.75 Å². The van der Waals surface area contributed by atoms with Crippen molar-refractivity contribution in [2.45, 2.75) is 33.6 Å². The number of benzene rings is 1. The number of rotatable bonds is 3. The molecular formula is C14H18Br2O. The van der Waals surface area contributed by atoms with Crippen LogP contribution in [0.4, 0.5) is 0 Å². The van der Waals surface area contributed by atoms with E-state index >= 15 is 0 Å². The van der Waals surface area contributed by atoms with E-state index in [4.69, 9.17) is 4.74 Å². The highest BCUT2D eigenvalue weighted by Gasteiger charge is 2.25. The Balaban J connectivity index is 2.31. The molecule has 2 rings (SSSR count). The van der Waals surface area contributed by atoms with E-state index in [-0.39, 0.29) is 0 Å². The van der Waals surface area contributed by atoms with E-state index in [1.165, 1.54) is 22.0 Å². The monoisotopic (exact) mass is 360 g/mol. The third-order valence-electron chi connectivity index (χ3n) is 3.07. The van der Waals surface area contributed by atoms with Gasteiger partial charge in [0.15, 0.2) is 0 Å². The molecule has 0 radical (unpaired) electrons. The third kappa shape index (κ3) is 2.87. The highest BCUT2D eigenvalue weighted by atomic mass is 79.9. The molecule has 1 aliphatic rings. The van der Waals surface area contributed by atoms with Gasteiger partial charge in [-0.3, -0.25) is 0 Å². The van der Waals surface area contributed by atoms with Gasteiger partial charge in [0.1, 0.15) is 5.75 Å². The van der Waals surface area contributed by atoms with Crippen LogP contribution >= 0.6 is 31.9 Å². The van der Waals surface area contributed by atoms with E-state index in [2.05, 4.69) is 58.7 Å². The van der Waals surface area contributed by atoms with Crippen LogP contribution in [0.1, 0.15) is 31.9 Å². The minimum Gasteiger partial charge on any atom is -0.492 e. The molecule has 1 aliphatic carbocycles. The summed E-state index contributed by atoms with van der Waals surface area (Å²) in [4.78, 5) is 0. The fourth-order valence-electron chi connectivity index (χ4n) is 2.25. The molecule has 0 saturated heterocycles. The molecule has 1 unspecified atom stereocenters. The topological polar surface area (TPSA) is 9.23 Å². The maximum absolute atomic E-state index is 5.86. The fraction of sp³-hybridized carbons (Fsp3) is 0.571. The number of hydrogen-bond donors (Lipinski definition) is 0. The van der Waals surface area contributed by atoms with Gasteiger partial charge in [-0.1, -0.05) is 36.7 Å². The van der Waals surface area contributed by atoms with Gasteiger partial charge in [0.05, 0.1) is 11.1 Å². The van der Waals surface area contributed by atoms with Gasteiger partial charge in [-0.05, 0) is 57.8 Å². The maximum Gasteiger partial charge on any atom is 0.134 e. The summed E-state index contributed by atoms with van der Waals surface area (Å²) >= 11 is 7.36. The van der Waals surface area contributed by atoms with Crippen molar-refractivity contribution >= 4 is 31.9 Å². The van der Waals surface area contributed by atoms with Gasteiger partial charge in [0, 0.05) is 4.47 Å². The first kappa shape index (κ1) is 13.4. The summed E-state index contributed by atoms with van der Waals surface area (Å²) in [5.41, 5.74) is 2.87. The van der Waals surface area contributed by atoms with Crippen molar-refractivity contribution in [2.75, 3.05) is 6.61 Å². The summed E-state index contributed by atoms with van der Waals surface area (Å²) in [6.45, 7) is 7.39. The molecule has 94 valence electrons. The molecule has 0 bridgehead atoms. The summed E-state index contributed by atoms with van der Waals surface area (Å²) in [6, 6.07) is 2.10. The zero-order valence-corrected chi connectivity index (χ0v) is 13.7. The Bertz CT molecular complexity index is 427. The molecule has 0 fully saturated rings. The Kier molecular flexibility index (Phi) is 4.19. The van der Waals surface area contributed by atoms with Crippen molar-refractivity contribution in [3.63, 3.8) is 0 Å². The van der Waals surface area contributed by atoms with Crippen LogP contribution in [0.5, 0.6) is 5.75 Å². The number of fused-ring (bicyclic) bond motifs is 1. The number of hydrogen-bond acceptors (Lipinski definition) is 1. The van der Waals surface area contributed by atoms with Gasteiger partial charge in [-0.2, -0.15) is 0 Å². The SMILES string of the molecule is CC(C)COc1cc(Br)c2c(c1Br)CC(C)C2. The molecule has 1 aromatic rings. The molecule has 1 aromatic carbocycles. The van der Waals surface area contributed by atoms with E-state index in [1.807, 2.05) is 0 Å². The van der Waals surface area contributed by atoms with Crippen LogP contribution in [-0.2, 0) is 12.8 Å². The molecule has 3 heteroatoms. The zero-order valence-electron chi connectivity index (χ0n) is 10.5. The predicted octanol–water partition coefficient (Wildman–Crippen LogP) is 4.98. The highest BCUT2D eigenvalue weighted by Crippen LogP contribution is 2.42. The van der Waals surface area contributed by atoms with Crippen molar-refractivity contribution in [1.82, 2.24) is 0 Å². The summed E-state index contributed by atoms with van der Waals surface area (Å²) in [5.74, 6) is 2.25. The van der Waals surface area contributed by atoms with Gasteiger partial charge in [0.2, 0.25) is 0 Å². The molecule has 0 aliphatic heterocycles. The van der Waals surface area contributed by atoms with E-state index in [0.717, 1.165) is 29.2 Å². The molecule has 17 heavy (non-hydrogen) atoms. The molecule has 1 nitrogen and oxygen atoms in total. The minimum atomic E-state index is 0.549. The number of halogens is 2. The van der Waals surface area contributed by atoms with Gasteiger partial charge in [-0.25, -0.2) is 0 Å². The Morgan fingerprint density at radius 3 is 2.59 bits per heavy atom. The summed E-state index contributed by atoms with van der Waals surface area (Å²) in [6.07, 6.45) is 2.31. The maximum atomic E-state index is 5.86. The molecule has 0 heterocycles. The molecule has 1 atom stereocenters. The van der Waals surface area contributed by atoms with Crippen LogP contribution in [-0.4, -0.2) is 6.61 Å². The summed E-state index contributed by atoms with van der Waals surface area (Å²) < 4.78 is 8.21. The van der Waals surface area contributed by atoms with Crippen LogP contribution in [0, 0.1) is 11.8 Å². The van der Waals surface area contributed by atoms with E-state index < -0.39 is 0 Å². The lowest BCUT2D eigenvalue weighted by molar-refractivity contribution is 0.269. The molecule has 0 amide bonds. The van der Waals surface area contributed by atoms with Crippen molar-refractivity contribution in [2.24, 2.45) is 11.8 Å². The number of ether oxygens (including phenoxy) is 1. The second-order valence-corrected chi connectivity index (χ2v) is 6.99. The largest absolute Gasteiger partial charge is 0.492 e. The first-order valence-electron chi connectivity index (χ1n) is 6.11. The van der Waals surface area contributed by atoms with Crippen LogP contribution in [0.15, 0.2) is 15.0 Å². The Hall–Kier alpha value is -0.0200. The Labute approximate surface area is 120 Å². The van der Waals surface area contributed by atoms with Gasteiger partial charge >= 0.3 is 0 Å². The molecule has 0 spiro atoms. The summed E-state index contributed by atoms with van der Waals surface area (Å²) in [7, 11) is 0. The Morgan fingerprint density at radius 2 is 1.94 bits per heavy atom. The van der Waals surface area contributed by atoms with Gasteiger partial charge in [-0.15, -0.1) is 0 Å². The Morgan fingerprint density at radius 1 is 1.29 bits per heavy atom. The van der Waals surface area contributed by atoms with Crippen LogP contribution in [0.3, 0.4) is 0 Å². The molecule has 0 aromatic heterocycles. The second-order valence-electron chi connectivity index (χ2n) is 5.35. The highest BCUT2D eigenvalue weighted by molar-refractivity contribution is 9.11. The third-order valence-corrected chi connectivity index (χ3v) is 4.65. The first-order chi connectivity index (χ1) is 7.99. The van der Waals surface area contributed by atoms with Crippen LogP contribution in [0.25, 0.3) is 0 Å². The lowest BCUT2D eigenvalue weighted by Gasteiger charge is -2.14. The standard InChI is InChI=1S/C14H18Br2O/c1-8(2)7-17-13-6-12(15)10-4-9(3)5-11(10)14(13)16/h6,8-9H,4-5,7H2,1-3H3. The van der Waals surface area contributed by atoms with Crippen molar-refractivity contribution in [3.05, 3.63) is 26.1 Å². The minimum absolute atomic E-state index is 0.549. The van der Waals surface area contributed by atoms with Crippen LogP contribution in [0.2, 0.25) is 0 Å². The van der Waals surface area contributed by atoms with Gasteiger partial charge < -0.3 is 4.74 Å². The fourth-order valence-corrected chi connectivity index (χ4v) is 3.49. The second kappa shape index (κ2) is 5.31. The lowest BCUT2D eigenvalue weighted by atomic mass is 10.1. The van der Waals surface area contributed by atoms with Crippen molar-refractivity contribution < 1.29 is 4.74 Å². The van der Waals surface area contributed by atoms with E-state index in [0.29, 0.717) is 5.92 Å². The van der Waals surface area contributed by atoms with Crippen molar-refractivity contribution in [1.29, 1.82) is 0 Å². The first-order valence-corrected chi connectivity index (χ1v) is 7.70. The summed E-state index contributed by atoms with van der Waals surface area (Å²) in [5, 5.41) is 0. The van der Waals surface area contributed by atoms with E-state index in [1.54, 1.807) is 0 Å². The zero-order chi connectivity index (χ0) is 12.6. The quantitative estimate of drug-likeness (QED) is 0.737. The average molecular weight is 362 g/mol. The molecule has 0 saturated carbocycles. The molecular weight excluding hydrogens is 344 g/mol. The van der Waals surface area contributed by atoms with Crippen LogP contribution < -0.4 is 4.74 Å². The predicted molar refractivity (Wildman–Crippen MR) is 78.7 cm³/mol. The normalized spacial score (nSPS) is 18.6. The average Bonchev–Trinajstić information content (AvgIpc) is 2.64. The van der Waals surface area contributed by atoms with E-state index in [9.17, 15) is 0 Å².